The molecular weight excluding hydrogens is 484 g/mol. The first-order valence-electron chi connectivity index (χ1n) is 11.8. The minimum absolute atomic E-state index is 0.258. The van der Waals surface area contributed by atoms with E-state index < -0.39 is 6.10 Å². The molecular formula is C26H29ClN4O3S. The van der Waals surface area contributed by atoms with E-state index in [0.29, 0.717) is 17.6 Å². The van der Waals surface area contributed by atoms with Gasteiger partial charge in [-0.15, -0.1) is 11.3 Å². The van der Waals surface area contributed by atoms with Crippen molar-refractivity contribution in [3.05, 3.63) is 64.3 Å². The lowest BCUT2D eigenvalue weighted by Gasteiger charge is -2.40. The number of fused-ring (bicyclic) bond motifs is 1. The van der Waals surface area contributed by atoms with E-state index in [2.05, 4.69) is 26.9 Å². The highest BCUT2D eigenvalue weighted by Gasteiger charge is 2.26. The number of β-amino-alcohol motifs (C(OH)–C–C–N with tert-alkyl or cyclic N) is 1. The summed E-state index contributed by atoms with van der Waals surface area (Å²) in [6.45, 7) is 8.45. The first-order valence-corrected chi connectivity index (χ1v) is 13.0. The van der Waals surface area contributed by atoms with Gasteiger partial charge in [-0.05, 0) is 50.2 Å². The molecule has 2 aromatic carbocycles. The minimum Gasteiger partial charge on any atom is -0.491 e. The second-order valence-corrected chi connectivity index (χ2v) is 10.8. The van der Waals surface area contributed by atoms with Crippen LogP contribution in [0.15, 0.2) is 53.1 Å². The summed E-state index contributed by atoms with van der Waals surface area (Å²) in [6.07, 6.45) is -0.561. The van der Waals surface area contributed by atoms with E-state index in [-0.39, 0.29) is 6.61 Å². The molecule has 0 amide bonds. The fourth-order valence-corrected chi connectivity index (χ4v) is 5.41. The molecule has 2 atom stereocenters. The standard InChI is InChI=1S/C26H29ClN4O3S/c1-17-13-30(14-21-11-25(34-29-21)19-3-5-20(27)6-4-19)9-10-31(17)15-22(32)16-33-23-7-8-26-24(12-23)28-18(2)35-26/h3-8,11-12,17,22,32H,9-10,13-16H2,1-2H3/t17-,22+/m0/s1. The third kappa shape index (κ3) is 6.02. The predicted octanol–water partition coefficient (Wildman–Crippen LogP) is 4.86. The Morgan fingerprint density at radius 2 is 2.03 bits per heavy atom. The van der Waals surface area contributed by atoms with Crippen LogP contribution in [0.3, 0.4) is 0 Å². The lowest BCUT2D eigenvalue weighted by Crippen LogP contribution is -2.53. The predicted molar refractivity (Wildman–Crippen MR) is 139 cm³/mol. The first-order chi connectivity index (χ1) is 16.9. The van der Waals surface area contributed by atoms with Crippen LogP contribution in [0.25, 0.3) is 21.5 Å². The molecule has 0 aliphatic carbocycles. The molecule has 0 bridgehead atoms. The topological polar surface area (TPSA) is 74.9 Å². The van der Waals surface area contributed by atoms with Crippen LogP contribution in [0.4, 0.5) is 0 Å². The molecule has 1 N–H and O–H groups in total. The average Bonchev–Trinajstić information content (AvgIpc) is 3.45. The van der Waals surface area contributed by atoms with Crippen LogP contribution in [-0.4, -0.2) is 70.0 Å². The van der Waals surface area contributed by atoms with E-state index >= 15 is 0 Å². The van der Waals surface area contributed by atoms with E-state index in [9.17, 15) is 5.11 Å². The van der Waals surface area contributed by atoms with Crippen molar-refractivity contribution >= 4 is 33.2 Å². The van der Waals surface area contributed by atoms with Crippen LogP contribution >= 0.6 is 22.9 Å². The maximum absolute atomic E-state index is 10.6. The van der Waals surface area contributed by atoms with Gasteiger partial charge in [-0.25, -0.2) is 4.98 Å². The highest BCUT2D eigenvalue weighted by atomic mass is 35.5. The quantitative estimate of drug-likeness (QED) is 0.361. The largest absolute Gasteiger partial charge is 0.491 e. The Bertz CT molecular complexity index is 1280. The average molecular weight is 513 g/mol. The van der Waals surface area contributed by atoms with Crippen molar-refractivity contribution in [1.29, 1.82) is 0 Å². The highest BCUT2D eigenvalue weighted by molar-refractivity contribution is 7.18. The van der Waals surface area contributed by atoms with Crippen molar-refractivity contribution in [2.45, 2.75) is 32.5 Å². The maximum atomic E-state index is 10.6. The summed E-state index contributed by atoms with van der Waals surface area (Å²) >= 11 is 7.64. The zero-order valence-electron chi connectivity index (χ0n) is 19.9. The van der Waals surface area contributed by atoms with Crippen molar-refractivity contribution in [2.75, 3.05) is 32.8 Å². The Morgan fingerprint density at radius 3 is 2.83 bits per heavy atom. The van der Waals surface area contributed by atoms with Crippen LogP contribution in [-0.2, 0) is 6.54 Å². The number of aliphatic hydroxyl groups excluding tert-OH is 1. The molecule has 184 valence electrons. The number of aryl methyl sites for hydroxylation is 1. The molecule has 1 saturated heterocycles. The van der Waals surface area contributed by atoms with Gasteiger partial charge in [-0.2, -0.15) is 0 Å². The zero-order valence-corrected chi connectivity index (χ0v) is 21.4. The summed E-state index contributed by atoms with van der Waals surface area (Å²) in [4.78, 5) is 9.20. The third-order valence-corrected chi connectivity index (χ3v) is 7.48. The maximum Gasteiger partial charge on any atom is 0.167 e. The van der Waals surface area contributed by atoms with Crippen LogP contribution < -0.4 is 4.74 Å². The number of halogens is 1. The summed E-state index contributed by atoms with van der Waals surface area (Å²) in [5.74, 6) is 1.49. The van der Waals surface area contributed by atoms with E-state index in [4.69, 9.17) is 20.9 Å². The number of thiazole rings is 1. The van der Waals surface area contributed by atoms with Gasteiger partial charge in [0.15, 0.2) is 5.76 Å². The lowest BCUT2D eigenvalue weighted by molar-refractivity contribution is 0.0192. The Labute approximate surface area is 213 Å². The Hall–Kier alpha value is -2.49. The van der Waals surface area contributed by atoms with Gasteiger partial charge < -0.3 is 14.4 Å². The van der Waals surface area contributed by atoms with E-state index in [1.165, 1.54) is 0 Å². The van der Waals surface area contributed by atoms with Crippen molar-refractivity contribution in [2.24, 2.45) is 0 Å². The fraction of sp³-hybridized carbons (Fsp3) is 0.385. The molecule has 9 heteroatoms. The summed E-state index contributed by atoms with van der Waals surface area (Å²) < 4.78 is 12.5. The number of nitrogens with zero attached hydrogens (tertiary/aromatic N) is 4. The molecule has 0 spiro atoms. The molecule has 7 nitrogen and oxygen atoms in total. The molecule has 1 aliphatic rings. The summed E-state index contributed by atoms with van der Waals surface area (Å²) in [5, 5.41) is 16.6. The number of aromatic nitrogens is 2. The van der Waals surface area contributed by atoms with Gasteiger partial charge in [0.1, 0.15) is 18.5 Å². The van der Waals surface area contributed by atoms with Gasteiger partial charge in [0.05, 0.1) is 20.9 Å². The van der Waals surface area contributed by atoms with Gasteiger partial charge in [0.2, 0.25) is 0 Å². The first kappa shape index (κ1) is 24.2. The van der Waals surface area contributed by atoms with Crippen LogP contribution in [0.2, 0.25) is 5.02 Å². The van der Waals surface area contributed by atoms with Crippen LogP contribution in [0, 0.1) is 6.92 Å². The number of hydrogen-bond donors (Lipinski definition) is 1. The number of aliphatic hydroxyl groups is 1. The van der Waals surface area contributed by atoms with Crippen molar-refractivity contribution in [3.8, 4) is 17.1 Å². The van der Waals surface area contributed by atoms with Gasteiger partial charge >= 0.3 is 0 Å². The van der Waals surface area contributed by atoms with Crippen LogP contribution in [0.1, 0.15) is 17.6 Å². The van der Waals surface area contributed by atoms with E-state index in [0.717, 1.165) is 64.2 Å². The highest BCUT2D eigenvalue weighted by Crippen LogP contribution is 2.26. The second kappa shape index (κ2) is 10.6. The van der Waals surface area contributed by atoms with E-state index in [1.54, 1.807) is 11.3 Å². The number of piperazine rings is 1. The monoisotopic (exact) mass is 512 g/mol. The van der Waals surface area contributed by atoms with Gasteiger partial charge in [0, 0.05) is 61.5 Å². The molecule has 2 aromatic heterocycles. The summed E-state index contributed by atoms with van der Waals surface area (Å²) in [6, 6.07) is 15.8. The Balaban J connectivity index is 1.09. The van der Waals surface area contributed by atoms with Gasteiger partial charge in [-0.1, -0.05) is 16.8 Å². The Morgan fingerprint density at radius 1 is 1.20 bits per heavy atom. The molecule has 5 rings (SSSR count). The normalized spacial score (nSPS) is 18.2. The van der Waals surface area contributed by atoms with Crippen molar-refractivity contribution in [1.82, 2.24) is 19.9 Å². The number of ether oxygens (including phenoxy) is 1. The number of rotatable bonds is 8. The summed E-state index contributed by atoms with van der Waals surface area (Å²) in [7, 11) is 0. The fourth-order valence-electron chi connectivity index (χ4n) is 4.48. The minimum atomic E-state index is -0.561. The molecule has 3 heterocycles. The zero-order chi connectivity index (χ0) is 24.4. The summed E-state index contributed by atoms with van der Waals surface area (Å²) in [5.41, 5.74) is 2.82. The molecule has 0 radical (unpaired) electrons. The molecule has 0 saturated carbocycles. The molecule has 1 aliphatic heterocycles. The van der Waals surface area contributed by atoms with Crippen molar-refractivity contribution < 1.29 is 14.4 Å². The Kier molecular flexibility index (Phi) is 7.36. The van der Waals surface area contributed by atoms with Gasteiger partial charge in [0.25, 0.3) is 0 Å². The molecule has 0 unspecified atom stereocenters. The smallest absolute Gasteiger partial charge is 0.167 e. The van der Waals surface area contributed by atoms with Crippen molar-refractivity contribution in [3.63, 3.8) is 0 Å². The van der Waals surface area contributed by atoms with Gasteiger partial charge in [-0.3, -0.25) is 9.80 Å². The third-order valence-electron chi connectivity index (χ3n) is 6.28. The molecule has 35 heavy (non-hydrogen) atoms. The number of benzene rings is 2. The van der Waals surface area contributed by atoms with Crippen LogP contribution in [0.5, 0.6) is 5.75 Å². The number of hydrogen-bond acceptors (Lipinski definition) is 8. The lowest BCUT2D eigenvalue weighted by atomic mass is 10.1. The SMILES string of the molecule is Cc1nc2cc(OC[C@H](O)CN3CCN(Cc4cc(-c5ccc(Cl)cc5)on4)C[C@@H]3C)ccc2s1. The molecule has 1 fully saturated rings. The molecule has 4 aromatic rings. The van der Waals surface area contributed by atoms with E-state index in [1.807, 2.05) is 55.5 Å². The second-order valence-electron chi connectivity index (χ2n) is 9.10.